The maximum Gasteiger partial charge on any atom is 0.236 e. The number of hydrogen-bond acceptors (Lipinski definition) is 5. The molecule has 0 fully saturated rings. The van der Waals surface area contributed by atoms with Crippen LogP contribution in [0.5, 0.6) is 0 Å². The lowest BCUT2D eigenvalue weighted by Crippen LogP contribution is -2.14. The molecule has 0 bridgehead atoms. The molecule has 0 aliphatic heterocycles. The summed E-state index contributed by atoms with van der Waals surface area (Å²) in [5.41, 5.74) is 2.96. The summed E-state index contributed by atoms with van der Waals surface area (Å²) in [6, 6.07) is 18.0. The molecule has 25 heavy (non-hydrogen) atoms. The monoisotopic (exact) mass is 366 g/mol. The van der Waals surface area contributed by atoms with Crippen LogP contribution in [0.4, 0.5) is 5.13 Å². The van der Waals surface area contributed by atoms with Gasteiger partial charge >= 0.3 is 0 Å². The molecule has 4 rings (SSSR count). The Balaban J connectivity index is 1.62. The number of carbonyl (C=O) groups excluding carboxylic acids is 1. The van der Waals surface area contributed by atoms with Crippen molar-refractivity contribution in [3.63, 3.8) is 0 Å². The molecule has 0 unspecified atom stereocenters. The molecule has 7 heteroatoms. The van der Waals surface area contributed by atoms with Crippen LogP contribution in [0.15, 0.2) is 71.3 Å². The maximum absolute atomic E-state index is 12.1. The second-order valence-electron chi connectivity index (χ2n) is 5.23. The summed E-state index contributed by atoms with van der Waals surface area (Å²) in [4.78, 5) is 20.9. The van der Waals surface area contributed by atoms with Crippen LogP contribution in [0.25, 0.3) is 16.7 Å². The van der Waals surface area contributed by atoms with Crippen LogP contribution >= 0.6 is 23.1 Å². The van der Waals surface area contributed by atoms with Crippen molar-refractivity contribution in [2.75, 3.05) is 11.1 Å². The highest BCUT2D eigenvalue weighted by Gasteiger charge is 2.14. The minimum Gasteiger partial charge on any atom is -0.301 e. The number of imidazole rings is 1. The molecule has 124 valence electrons. The van der Waals surface area contributed by atoms with Crippen LogP contribution in [0.2, 0.25) is 0 Å². The summed E-state index contributed by atoms with van der Waals surface area (Å²) in [5, 5.41) is 6.03. The third-order valence-corrected chi connectivity index (χ3v) is 5.18. The van der Waals surface area contributed by atoms with E-state index in [0.717, 1.165) is 21.9 Å². The summed E-state index contributed by atoms with van der Waals surface area (Å²) in [7, 11) is 0. The van der Waals surface area contributed by atoms with Crippen LogP contribution in [0.3, 0.4) is 0 Å². The zero-order valence-corrected chi connectivity index (χ0v) is 14.8. The van der Waals surface area contributed by atoms with Gasteiger partial charge in [-0.25, -0.2) is 9.97 Å². The molecule has 0 aliphatic carbocycles. The number of aromatic nitrogens is 3. The number of hydrogen-bond donors (Lipinski definition) is 1. The first-order chi connectivity index (χ1) is 12.3. The standard InChI is InChI=1S/C18H14N4OS2/c23-16(21-17-19-10-11-24-17)12-25-18-20-14-8-4-5-9-15(14)22(18)13-6-2-1-3-7-13/h1-11H,12H2,(H,19,21,23). The van der Waals surface area contributed by atoms with E-state index in [0.29, 0.717) is 5.13 Å². The van der Waals surface area contributed by atoms with Gasteiger partial charge in [0.25, 0.3) is 0 Å². The first-order valence-corrected chi connectivity index (χ1v) is 9.53. The number of amides is 1. The van der Waals surface area contributed by atoms with Gasteiger partial charge in [-0.05, 0) is 24.3 Å². The maximum atomic E-state index is 12.1. The predicted molar refractivity (Wildman–Crippen MR) is 103 cm³/mol. The normalized spacial score (nSPS) is 10.9. The average molecular weight is 366 g/mol. The zero-order valence-electron chi connectivity index (χ0n) is 13.1. The van der Waals surface area contributed by atoms with Crippen molar-refractivity contribution < 1.29 is 4.79 Å². The molecule has 1 N–H and O–H groups in total. The second-order valence-corrected chi connectivity index (χ2v) is 7.07. The molecule has 5 nitrogen and oxygen atoms in total. The number of thioether (sulfide) groups is 1. The van der Waals surface area contributed by atoms with Crippen molar-refractivity contribution in [3.05, 3.63) is 66.2 Å². The van der Waals surface area contributed by atoms with E-state index < -0.39 is 0 Å². The Kier molecular flexibility index (Phi) is 4.49. The fraction of sp³-hybridized carbons (Fsp3) is 0.0556. The molecule has 0 saturated carbocycles. The quantitative estimate of drug-likeness (QED) is 0.538. The first-order valence-electron chi connectivity index (χ1n) is 7.66. The van der Waals surface area contributed by atoms with Crippen molar-refractivity contribution in [2.24, 2.45) is 0 Å². The Morgan fingerprint density at radius 3 is 2.72 bits per heavy atom. The summed E-state index contributed by atoms with van der Waals surface area (Å²) in [6.45, 7) is 0. The molecule has 0 radical (unpaired) electrons. The Morgan fingerprint density at radius 1 is 1.12 bits per heavy atom. The SMILES string of the molecule is O=C(CSc1nc2ccccc2n1-c1ccccc1)Nc1nccs1. The van der Waals surface area contributed by atoms with Gasteiger partial charge in [0.15, 0.2) is 10.3 Å². The highest BCUT2D eigenvalue weighted by atomic mass is 32.2. The lowest BCUT2D eigenvalue weighted by Gasteiger charge is -2.08. The summed E-state index contributed by atoms with van der Waals surface area (Å²) in [6.07, 6.45) is 1.67. The Morgan fingerprint density at radius 2 is 1.92 bits per heavy atom. The Hall–Kier alpha value is -2.64. The van der Waals surface area contributed by atoms with Gasteiger partial charge in [-0.2, -0.15) is 0 Å². The molecule has 0 aliphatic rings. The van der Waals surface area contributed by atoms with Crippen LogP contribution < -0.4 is 5.32 Å². The van der Waals surface area contributed by atoms with Gasteiger partial charge in [0.1, 0.15) is 0 Å². The number of benzene rings is 2. The van der Waals surface area contributed by atoms with E-state index in [1.807, 2.05) is 60.0 Å². The minimum atomic E-state index is -0.0911. The number of para-hydroxylation sites is 3. The lowest BCUT2D eigenvalue weighted by molar-refractivity contribution is -0.113. The van der Waals surface area contributed by atoms with Crippen LogP contribution in [-0.4, -0.2) is 26.2 Å². The molecule has 2 heterocycles. The van der Waals surface area contributed by atoms with Gasteiger partial charge < -0.3 is 5.32 Å². The number of nitrogens with zero attached hydrogens (tertiary/aromatic N) is 3. The number of thiazole rings is 1. The van der Waals surface area contributed by atoms with E-state index in [9.17, 15) is 4.79 Å². The largest absolute Gasteiger partial charge is 0.301 e. The third-order valence-electron chi connectivity index (χ3n) is 3.56. The van der Waals surface area contributed by atoms with Crippen LogP contribution in [-0.2, 0) is 4.79 Å². The highest BCUT2D eigenvalue weighted by Crippen LogP contribution is 2.28. The van der Waals surface area contributed by atoms with Gasteiger partial charge in [0.05, 0.1) is 16.8 Å². The third kappa shape index (κ3) is 3.42. The molecule has 2 aromatic carbocycles. The highest BCUT2D eigenvalue weighted by molar-refractivity contribution is 7.99. The average Bonchev–Trinajstić information content (AvgIpc) is 3.27. The molecular weight excluding hydrogens is 352 g/mol. The zero-order chi connectivity index (χ0) is 17.1. The van der Waals surface area contributed by atoms with Gasteiger partial charge in [-0.15, -0.1) is 11.3 Å². The summed E-state index contributed by atoms with van der Waals surface area (Å²) >= 11 is 2.82. The summed E-state index contributed by atoms with van der Waals surface area (Å²) in [5.74, 6) is 0.182. The number of fused-ring (bicyclic) bond motifs is 1. The Bertz CT molecular complexity index is 997. The van der Waals surface area contributed by atoms with Gasteiger partial charge in [-0.3, -0.25) is 9.36 Å². The van der Waals surface area contributed by atoms with Crippen LogP contribution in [0.1, 0.15) is 0 Å². The predicted octanol–water partition coefficient (Wildman–Crippen LogP) is 4.21. The van der Waals surface area contributed by atoms with Gasteiger partial charge in [-0.1, -0.05) is 42.1 Å². The van der Waals surface area contributed by atoms with Crippen molar-refractivity contribution >= 4 is 45.2 Å². The van der Waals surface area contributed by atoms with Gasteiger partial charge in [0.2, 0.25) is 5.91 Å². The number of rotatable bonds is 5. The molecule has 1 amide bonds. The van der Waals surface area contributed by atoms with Crippen molar-refractivity contribution in [1.82, 2.24) is 14.5 Å². The first kappa shape index (κ1) is 15.9. The van der Waals surface area contributed by atoms with Crippen LogP contribution in [0, 0.1) is 0 Å². The Labute approximate surface area is 152 Å². The second kappa shape index (κ2) is 7.08. The van der Waals surface area contributed by atoms with Crippen molar-refractivity contribution in [1.29, 1.82) is 0 Å². The minimum absolute atomic E-state index is 0.0911. The fourth-order valence-corrected chi connectivity index (χ4v) is 3.87. The number of carbonyl (C=O) groups is 1. The van der Waals surface area contributed by atoms with E-state index in [1.54, 1.807) is 6.20 Å². The molecule has 4 aromatic rings. The molecule has 0 saturated heterocycles. The molecule has 0 spiro atoms. The van der Waals surface area contributed by atoms with E-state index >= 15 is 0 Å². The molecule has 2 aromatic heterocycles. The topological polar surface area (TPSA) is 59.8 Å². The summed E-state index contributed by atoms with van der Waals surface area (Å²) < 4.78 is 2.08. The lowest BCUT2D eigenvalue weighted by atomic mass is 10.3. The van der Waals surface area contributed by atoms with E-state index in [2.05, 4.69) is 14.9 Å². The number of nitrogens with one attached hydrogen (secondary N) is 1. The molecule has 0 atom stereocenters. The smallest absolute Gasteiger partial charge is 0.236 e. The van der Waals surface area contributed by atoms with Crippen molar-refractivity contribution in [3.8, 4) is 5.69 Å². The van der Waals surface area contributed by atoms with E-state index in [4.69, 9.17) is 4.98 Å². The number of anilines is 1. The van der Waals surface area contributed by atoms with Gasteiger partial charge in [0, 0.05) is 17.3 Å². The van der Waals surface area contributed by atoms with E-state index in [-0.39, 0.29) is 11.7 Å². The van der Waals surface area contributed by atoms with Crippen molar-refractivity contribution in [2.45, 2.75) is 5.16 Å². The fourth-order valence-electron chi connectivity index (χ4n) is 2.50. The van der Waals surface area contributed by atoms with E-state index in [1.165, 1.54) is 23.1 Å². The molecular formula is C18H14N4OS2.